The number of rotatable bonds is 6. The molecule has 0 bridgehead atoms. The number of nitrogens with one attached hydrogen (secondary N) is 1. The van der Waals surface area contributed by atoms with Crippen LogP contribution in [0.5, 0.6) is 0 Å². The molecule has 1 aromatic heterocycles. The van der Waals surface area contributed by atoms with E-state index in [0.717, 1.165) is 5.52 Å². The second-order valence-corrected chi connectivity index (χ2v) is 6.10. The lowest BCUT2D eigenvalue weighted by atomic mass is 10.1. The largest absolute Gasteiger partial charge is 0.480 e. The number of carboxylic acids is 1. The van der Waals surface area contributed by atoms with Gasteiger partial charge in [0, 0.05) is 11.8 Å². The van der Waals surface area contributed by atoms with Gasteiger partial charge in [0.1, 0.15) is 11.1 Å². The minimum atomic E-state index is -1.01. The molecule has 1 aromatic carbocycles. The highest BCUT2D eigenvalue weighted by Gasteiger charge is 2.34. The Morgan fingerprint density at radius 2 is 2.20 bits per heavy atom. The summed E-state index contributed by atoms with van der Waals surface area (Å²) in [6.07, 6.45) is 0. The molecule has 0 fully saturated rings. The van der Waals surface area contributed by atoms with Gasteiger partial charge in [0.25, 0.3) is 5.22 Å². The number of fused-ring (bicyclic) bond motifs is 1. The smallest absolute Gasteiger partial charge is 0.324 e. The number of para-hydroxylation sites is 2. The molecule has 1 unspecified atom stereocenters. The van der Waals surface area contributed by atoms with Crippen molar-refractivity contribution in [3.05, 3.63) is 24.3 Å². The third-order valence-corrected chi connectivity index (χ3v) is 3.98. The summed E-state index contributed by atoms with van der Waals surface area (Å²) in [7, 11) is 0. The number of thioether (sulfide) groups is 1. The summed E-state index contributed by atoms with van der Waals surface area (Å²) in [4.78, 5) is 15.8. The number of carbonyl (C=O) groups is 1. The maximum absolute atomic E-state index is 11.4. The standard InChI is InChI=1S/C14H18N2O3S/c1-9(2)16-14(3,12(17)18)8-20-13-15-10-6-4-5-7-11(10)19-13/h4-7,9,16H,8H2,1-3H3,(H,17,18). The van der Waals surface area contributed by atoms with E-state index in [9.17, 15) is 9.90 Å². The topological polar surface area (TPSA) is 75.4 Å². The summed E-state index contributed by atoms with van der Waals surface area (Å²) >= 11 is 1.30. The number of benzene rings is 1. The van der Waals surface area contributed by atoms with Gasteiger partial charge in [-0.1, -0.05) is 23.9 Å². The van der Waals surface area contributed by atoms with Gasteiger partial charge in [-0.3, -0.25) is 10.1 Å². The lowest BCUT2D eigenvalue weighted by molar-refractivity contribution is -0.143. The van der Waals surface area contributed by atoms with Gasteiger partial charge in [-0.25, -0.2) is 4.98 Å². The molecule has 0 aliphatic rings. The Morgan fingerprint density at radius 1 is 1.50 bits per heavy atom. The molecule has 2 rings (SSSR count). The zero-order valence-corrected chi connectivity index (χ0v) is 12.5. The van der Waals surface area contributed by atoms with E-state index in [-0.39, 0.29) is 6.04 Å². The average Bonchev–Trinajstić information content (AvgIpc) is 2.78. The SMILES string of the molecule is CC(C)NC(C)(CSc1nc2ccccc2o1)C(=O)O. The highest BCUT2D eigenvalue weighted by atomic mass is 32.2. The van der Waals surface area contributed by atoms with Crippen LogP contribution in [0, 0.1) is 0 Å². The van der Waals surface area contributed by atoms with Crippen LogP contribution in [0.1, 0.15) is 20.8 Å². The highest BCUT2D eigenvalue weighted by Crippen LogP contribution is 2.26. The van der Waals surface area contributed by atoms with Gasteiger partial charge in [0.05, 0.1) is 0 Å². The third kappa shape index (κ3) is 3.32. The first-order chi connectivity index (χ1) is 9.40. The molecule has 0 aliphatic carbocycles. The minimum absolute atomic E-state index is 0.0836. The number of hydrogen-bond donors (Lipinski definition) is 2. The van der Waals surface area contributed by atoms with Crippen LogP contribution in [0.25, 0.3) is 11.1 Å². The maximum Gasteiger partial charge on any atom is 0.324 e. The Kier molecular flexibility index (Phi) is 4.35. The van der Waals surface area contributed by atoms with Crippen molar-refractivity contribution in [1.29, 1.82) is 0 Å². The first kappa shape index (κ1) is 14.9. The Bertz CT molecular complexity index is 578. The van der Waals surface area contributed by atoms with Crippen molar-refractivity contribution in [3.63, 3.8) is 0 Å². The van der Waals surface area contributed by atoms with E-state index in [4.69, 9.17) is 4.42 Å². The van der Waals surface area contributed by atoms with E-state index in [1.54, 1.807) is 6.92 Å². The average molecular weight is 294 g/mol. The zero-order chi connectivity index (χ0) is 14.8. The normalized spacial score (nSPS) is 14.6. The van der Waals surface area contributed by atoms with Gasteiger partial charge in [-0.15, -0.1) is 0 Å². The molecule has 1 atom stereocenters. The number of aromatic nitrogens is 1. The monoisotopic (exact) mass is 294 g/mol. The quantitative estimate of drug-likeness (QED) is 0.798. The van der Waals surface area contributed by atoms with E-state index in [1.807, 2.05) is 38.1 Å². The molecule has 0 saturated carbocycles. The lowest BCUT2D eigenvalue weighted by Gasteiger charge is -2.27. The van der Waals surface area contributed by atoms with Gasteiger partial charge in [0.2, 0.25) is 0 Å². The van der Waals surface area contributed by atoms with Crippen LogP contribution in [0.3, 0.4) is 0 Å². The van der Waals surface area contributed by atoms with Crippen molar-refractivity contribution in [2.75, 3.05) is 5.75 Å². The van der Waals surface area contributed by atoms with Gasteiger partial charge in [-0.2, -0.15) is 0 Å². The van der Waals surface area contributed by atoms with Crippen LogP contribution in [0.4, 0.5) is 0 Å². The second-order valence-electron chi connectivity index (χ2n) is 5.17. The van der Waals surface area contributed by atoms with Crippen LogP contribution in [0.15, 0.2) is 33.9 Å². The zero-order valence-electron chi connectivity index (χ0n) is 11.7. The molecule has 0 spiro atoms. The molecular weight excluding hydrogens is 276 g/mol. The van der Waals surface area contributed by atoms with Crippen molar-refractivity contribution in [1.82, 2.24) is 10.3 Å². The Labute approximate surface area is 121 Å². The van der Waals surface area contributed by atoms with Crippen molar-refractivity contribution in [2.45, 2.75) is 37.6 Å². The molecule has 1 heterocycles. The summed E-state index contributed by atoms with van der Waals surface area (Å²) in [5.74, 6) is -0.539. The predicted molar refractivity (Wildman–Crippen MR) is 79.0 cm³/mol. The molecule has 2 N–H and O–H groups in total. The van der Waals surface area contributed by atoms with E-state index in [2.05, 4.69) is 10.3 Å². The number of nitrogens with zero attached hydrogens (tertiary/aromatic N) is 1. The molecule has 0 saturated heterocycles. The number of aliphatic carboxylic acids is 1. The van der Waals surface area contributed by atoms with Crippen LogP contribution >= 0.6 is 11.8 Å². The van der Waals surface area contributed by atoms with Gasteiger partial charge < -0.3 is 9.52 Å². The number of hydrogen-bond acceptors (Lipinski definition) is 5. The first-order valence-corrected chi connectivity index (χ1v) is 7.39. The van der Waals surface area contributed by atoms with E-state index in [1.165, 1.54) is 11.8 Å². The Morgan fingerprint density at radius 3 is 2.80 bits per heavy atom. The molecule has 108 valence electrons. The van der Waals surface area contributed by atoms with Crippen LogP contribution in [-0.2, 0) is 4.79 Å². The second kappa shape index (κ2) is 5.85. The van der Waals surface area contributed by atoms with Crippen molar-refractivity contribution >= 4 is 28.8 Å². The molecule has 0 amide bonds. The van der Waals surface area contributed by atoms with Crippen LogP contribution < -0.4 is 5.32 Å². The summed E-state index contributed by atoms with van der Waals surface area (Å²) in [6.45, 7) is 5.52. The third-order valence-electron chi connectivity index (χ3n) is 2.84. The van der Waals surface area contributed by atoms with Gasteiger partial charge in [-0.05, 0) is 32.9 Å². The molecule has 0 aliphatic heterocycles. The summed E-state index contributed by atoms with van der Waals surface area (Å²) in [5, 5.41) is 12.9. The molecule has 5 nitrogen and oxygen atoms in total. The van der Waals surface area contributed by atoms with Crippen LogP contribution in [0.2, 0.25) is 0 Å². The minimum Gasteiger partial charge on any atom is -0.480 e. The highest BCUT2D eigenvalue weighted by molar-refractivity contribution is 7.99. The fourth-order valence-corrected chi connectivity index (χ4v) is 2.85. The molecule has 2 aromatic rings. The van der Waals surface area contributed by atoms with Crippen LogP contribution in [-0.4, -0.2) is 33.4 Å². The molecule has 6 heteroatoms. The van der Waals surface area contributed by atoms with Crippen molar-refractivity contribution in [2.24, 2.45) is 0 Å². The molecular formula is C14H18N2O3S. The fraction of sp³-hybridized carbons (Fsp3) is 0.429. The Hall–Kier alpha value is -1.53. The first-order valence-electron chi connectivity index (χ1n) is 6.40. The molecule has 0 radical (unpaired) electrons. The van der Waals surface area contributed by atoms with E-state index >= 15 is 0 Å². The summed E-state index contributed by atoms with van der Waals surface area (Å²) < 4.78 is 5.58. The molecule has 20 heavy (non-hydrogen) atoms. The number of carboxylic acid groups (broad SMARTS) is 1. The fourth-order valence-electron chi connectivity index (χ4n) is 1.92. The number of oxazole rings is 1. The van der Waals surface area contributed by atoms with E-state index in [0.29, 0.717) is 16.6 Å². The Balaban J connectivity index is 2.10. The summed E-state index contributed by atoms with van der Waals surface area (Å²) in [5.41, 5.74) is 0.479. The van der Waals surface area contributed by atoms with Gasteiger partial charge in [0.15, 0.2) is 5.58 Å². The predicted octanol–water partition coefficient (Wildman–Crippen LogP) is 2.76. The maximum atomic E-state index is 11.4. The van der Waals surface area contributed by atoms with Crippen molar-refractivity contribution < 1.29 is 14.3 Å². The van der Waals surface area contributed by atoms with E-state index < -0.39 is 11.5 Å². The summed E-state index contributed by atoms with van der Waals surface area (Å²) in [6, 6.07) is 7.56. The lowest BCUT2D eigenvalue weighted by Crippen LogP contribution is -2.54. The van der Waals surface area contributed by atoms with Crippen molar-refractivity contribution in [3.8, 4) is 0 Å². The van der Waals surface area contributed by atoms with Gasteiger partial charge >= 0.3 is 5.97 Å².